The van der Waals surface area contributed by atoms with Crippen molar-refractivity contribution in [3.05, 3.63) is 33.3 Å². The number of oxazole rings is 1. The first-order chi connectivity index (χ1) is 8.93. The van der Waals surface area contributed by atoms with Crippen LogP contribution in [0.1, 0.15) is 11.6 Å². The van der Waals surface area contributed by atoms with Crippen molar-refractivity contribution >= 4 is 29.0 Å². The van der Waals surface area contributed by atoms with Crippen LogP contribution in [0.25, 0.3) is 11.1 Å². The molecular formula is C12H14ClN3O3. The van der Waals surface area contributed by atoms with Crippen LogP contribution >= 0.6 is 11.6 Å². The lowest BCUT2D eigenvalue weighted by molar-refractivity contribution is -0.110. The van der Waals surface area contributed by atoms with Crippen LogP contribution in [0.2, 0.25) is 5.02 Å². The summed E-state index contributed by atoms with van der Waals surface area (Å²) < 4.78 is 4.99. The molecule has 0 saturated heterocycles. The molecule has 0 aliphatic rings. The van der Waals surface area contributed by atoms with E-state index in [2.05, 4.69) is 4.98 Å². The topological polar surface area (TPSA) is 92.3 Å². The summed E-state index contributed by atoms with van der Waals surface area (Å²) in [7, 11) is 3.61. The Labute approximate surface area is 114 Å². The first kappa shape index (κ1) is 13.8. The molecule has 1 aromatic carbocycles. The van der Waals surface area contributed by atoms with Gasteiger partial charge in [0.2, 0.25) is 0 Å². The smallest absolute Gasteiger partial charge is 0.408 e. The van der Waals surface area contributed by atoms with Crippen LogP contribution in [0, 0.1) is 0 Å². The quantitative estimate of drug-likeness (QED) is 0.814. The van der Waals surface area contributed by atoms with Gasteiger partial charge in [0.15, 0.2) is 5.58 Å². The van der Waals surface area contributed by atoms with Crippen LogP contribution in [0.3, 0.4) is 0 Å². The van der Waals surface area contributed by atoms with Gasteiger partial charge in [0.25, 0.3) is 0 Å². The number of nitrogens with two attached hydrogens (primary N) is 1. The summed E-state index contributed by atoms with van der Waals surface area (Å²) in [4.78, 5) is 26.4. The summed E-state index contributed by atoms with van der Waals surface area (Å²) in [6.45, 7) is 0. The SMILES string of the molecule is CN(C)C(c1cc(Cl)c2[nH]c(=O)oc2c1)C(N)C=O. The standard InChI is InChI=1S/C12H14ClN3O3/c1-16(2)11(8(14)5-17)6-3-7(13)10-9(4-6)19-12(18)15-10/h3-5,8,11H,14H2,1-2H3,(H,15,18). The van der Waals surface area contributed by atoms with Crippen LogP contribution in [0.4, 0.5) is 0 Å². The lowest BCUT2D eigenvalue weighted by Gasteiger charge is -2.27. The Morgan fingerprint density at radius 2 is 2.16 bits per heavy atom. The maximum Gasteiger partial charge on any atom is 0.417 e. The van der Waals surface area contributed by atoms with Crippen molar-refractivity contribution in [2.75, 3.05) is 14.1 Å². The molecule has 0 radical (unpaired) electrons. The zero-order valence-corrected chi connectivity index (χ0v) is 11.3. The zero-order chi connectivity index (χ0) is 14.2. The van der Waals surface area contributed by atoms with E-state index in [4.69, 9.17) is 21.8 Å². The van der Waals surface area contributed by atoms with Gasteiger partial charge in [-0.15, -0.1) is 0 Å². The van der Waals surface area contributed by atoms with Gasteiger partial charge in [-0.3, -0.25) is 4.98 Å². The van der Waals surface area contributed by atoms with Crippen LogP contribution in [-0.4, -0.2) is 36.3 Å². The van der Waals surface area contributed by atoms with Gasteiger partial charge in [0.1, 0.15) is 11.8 Å². The highest BCUT2D eigenvalue weighted by Gasteiger charge is 2.23. The van der Waals surface area contributed by atoms with Crippen molar-refractivity contribution in [1.29, 1.82) is 0 Å². The Morgan fingerprint density at radius 3 is 2.74 bits per heavy atom. The van der Waals surface area contributed by atoms with Crippen LogP contribution in [0.15, 0.2) is 21.3 Å². The predicted molar refractivity (Wildman–Crippen MR) is 72.3 cm³/mol. The second kappa shape index (κ2) is 5.16. The molecule has 0 aliphatic carbocycles. The number of carbonyl (C=O) groups is 1. The molecule has 2 rings (SSSR count). The molecule has 2 unspecified atom stereocenters. The fourth-order valence-electron chi connectivity index (χ4n) is 2.14. The van der Waals surface area contributed by atoms with Gasteiger partial charge < -0.3 is 19.8 Å². The molecular weight excluding hydrogens is 270 g/mol. The average Bonchev–Trinajstić information content (AvgIpc) is 2.69. The molecule has 0 aliphatic heterocycles. The molecule has 0 saturated carbocycles. The molecule has 0 fully saturated rings. The largest absolute Gasteiger partial charge is 0.417 e. The fraction of sp³-hybridized carbons (Fsp3) is 0.333. The second-order valence-electron chi connectivity index (χ2n) is 4.51. The molecule has 2 aromatic rings. The lowest BCUT2D eigenvalue weighted by Crippen LogP contribution is -2.38. The minimum absolute atomic E-state index is 0.345. The molecule has 3 N–H and O–H groups in total. The van der Waals surface area contributed by atoms with Gasteiger partial charge >= 0.3 is 5.76 Å². The summed E-state index contributed by atoms with van der Waals surface area (Å²) in [5.74, 6) is -0.574. The van der Waals surface area contributed by atoms with Gasteiger partial charge in [-0.25, -0.2) is 4.79 Å². The zero-order valence-electron chi connectivity index (χ0n) is 10.5. The fourth-order valence-corrected chi connectivity index (χ4v) is 2.41. The summed E-state index contributed by atoms with van der Waals surface area (Å²) >= 11 is 6.09. The van der Waals surface area contributed by atoms with E-state index in [1.54, 1.807) is 31.1 Å². The monoisotopic (exact) mass is 283 g/mol. The molecule has 1 heterocycles. The first-order valence-electron chi connectivity index (χ1n) is 5.63. The number of aromatic nitrogens is 1. The minimum Gasteiger partial charge on any atom is -0.408 e. The number of hydrogen-bond donors (Lipinski definition) is 2. The summed E-state index contributed by atoms with van der Waals surface area (Å²) in [5, 5.41) is 0.350. The third-order valence-electron chi connectivity index (χ3n) is 2.93. The number of benzene rings is 1. The van der Waals surface area contributed by atoms with Crippen LogP contribution in [0.5, 0.6) is 0 Å². The van der Waals surface area contributed by atoms with Gasteiger partial charge in [0, 0.05) is 0 Å². The Kier molecular flexibility index (Phi) is 3.75. The molecule has 102 valence electrons. The third-order valence-corrected chi connectivity index (χ3v) is 3.22. The van der Waals surface area contributed by atoms with Crippen molar-refractivity contribution < 1.29 is 9.21 Å². The normalized spacial score (nSPS) is 14.8. The highest BCUT2D eigenvalue weighted by molar-refractivity contribution is 6.34. The van der Waals surface area contributed by atoms with Crippen LogP contribution < -0.4 is 11.5 Å². The van der Waals surface area contributed by atoms with Crippen LogP contribution in [-0.2, 0) is 4.79 Å². The highest BCUT2D eigenvalue weighted by atomic mass is 35.5. The van der Waals surface area contributed by atoms with E-state index in [9.17, 15) is 9.59 Å². The average molecular weight is 284 g/mol. The molecule has 0 spiro atoms. The van der Waals surface area contributed by atoms with Gasteiger partial charge in [-0.1, -0.05) is 11.6 Å². The van der Waals surface area contributed by atoms with Crippen molar-refractivity contribution in [2.24, 2.45) is 5.73 Å². The summed E-state index contributed by atoms with van der Waals surface area (Å²) in [6.07, 6.45) is 0.677. The number of aldehydes is 1. The number of fused-ring (bicyclic) bond motifs is 1. The Morgan fingerprint density at radius 1 is 1.47 bits per heavy atom. The molecule has 6 nitrogen and oxygen atoms in total. The van der Waals surface area contributed by atoms with E-state index >= 15 is 0 Å². The number of nitrogens with zero attached hydrogens (tertiary/aromatic N) is 1. The van der Waals surface area contributed by atoms with E-state index in [1.165, 1.54) is 0 Å². The number of likely N-dealkylation sites (N-methyl/N-ethyl adjacent to an activating group) is 1. The molecule has 2 atom stereocenters. The van der Waals surface area contributed by atoms with Crippen molar-refractivity contribution in [2.45, 2.75) is 12.1 Å². The molecule has 19 heavy (non-hydrogen) atoms. The molecule has 0 bridgehead atoms. The minimum atomic E-state index is -0.700. The Bertz CT molecular complexity index is 662. The highest BCUT2D eigenvalue weighted by Crippen LogP contribution is 2.29. The first-order valence-corrected chi connectivity index (χ1v) is 6.01. The number of aromatic amines is 1. The third kappa shape index (κ3) is 2.56. The van der Waals surface area contributed by atoms with Gasteiger partial charge in [0.05, 0.1) is 17.1 Å². The Hall–Kier alpha value is -1.63. The summed E-state index contributed by atoms with van der Waals surface area (Å²) in [5.41, 5.74) is 7.29. The number of carbonyl (C=O) groups excluding carboxylic acids is 1. The lowest BCUT2D eigenvalue weighted by atomic mass is 9.99. The molecule has 7 heteroatoms. The van der Waals surface area contributed by atoms with E-state index in [0.29, 0.717) is 28.0 Å². The van der Waals surface area contributed by atoms with E-state index < -0.39 is 11.8 Å². The molecule has 1 aromatic heterocycles. The summed E-state index contributed by atoms with van der Waals surface area (Å²) in [6, 6.07) is 2.28. The number of nitrogens with one attached hydrogen (secondary N) is 1. The van der Waals surface area contributed by atoms with E-state index in [-0.39, 0.29) is 6.04 Å². The van der Waals surface area contributed by atoms with Crippen molar-refractivity contribution in [1.82, 2.24) is 9.88 Å². The molecule has 0 amide bonds. The Balaban J connectivity index is 2.60. The number of rotatable bonds is 4. The van der Waals surface area contributed by atoms with Crippen molar-refractivity contribution in [3.8, 4) is 0 Å². The number of hydrogen-bond acceptors (Lipinski definition) is 5. The predicted octanol–water partition coefficient (Wildman–Crippen LogP) is 0.903. The second-order valence-corrected chi connectivity index (χ2v) is 4.92. The number of halogens is 1. The van der Waals surface area contributed by atoms with E-state index in [1.807, 2.05) is 0 Å². The van der Waals surface area contributed by atoms with Gasteiger partial charge in [-0.05, 0) is 31.8 Å². The van der Waals surface area contributed by atoms with E-state index in [0.717, 1.165) is 0 Å². The maximum atomic E-state index is 11.2. The maximum absolute atomic E-state index is 11.2. The van der Waals surface area contributed by atoms with Crippen molar-refractivity contribution in [3.63, 3.8) is 0 Å². The number of H-pyrrole nitrogens is 1. The van der Waals surface area contributed by atoms with Gasteiger partial charge in [-0.2, -0.15) is 0 Å².